The minimum atomic E-state index is -0.639. The topological polar surface area (TPSA) is 111 Å². The Morgan fingerprint density at radius 1 is 1.15 bits per heavy atom. The Hall–Kier alpha value is -3.49. The quantitative estimate of drug-likeness (QED) is 0.718. The summed E-state index contributed by atoms with van der Waals surface area (Å²) in [6, 6.07) is 5.30. The van der Waals surface area contributed by atoms with Crippen molar-refractivity contribution in [2.45, 2.75) is 20.4 Å². The second-order valence-corrected chi connectivity index (χ2v) is 5.94. The first-order valence-electron chi connectivity index (χ1n) is 7.92. The first-order chi connectivity index (χ1) is 12.4. The molecule has 0 bridgehead atoms. The molecule has 0 fully saturated rings. The lowest BCUT2D eigenvalue weighted by atomic mass is 10.1. The number of amides is 3. The van der Waals surface area contributed by atoms with Gasteiger partial charge in [-0.15, -0.1) is 0 Å². The third-order valence-corrected chi connectivity index (χ3v) is 3.80. The molecule has 2 aromatic heterocycles. The maximum absolute atomic E-state index is 12.6. The van der Waals surface area contributed by atoms with E-state index in [4.69, 9.17) is 0 Å². The summed E-state index contributed by atoms with van der Waals surface area (Å²) in [5, 5.41) is 8.93. The molecule has 0 unspecified atom stereocenters. The van der Waals surface area contributed by atoms with Gasteiger partial charge in [0, 0.05) is 7.05 Å². The highest BCUT2D eigenvalue weighted by Crippen LogP contribution is 2.16. The average molecular weight is 354 g/mol. The number of nitrogens with one attached hydrogen (secondary N) is 2. The van der Waals surface area contributed by atoms with Crippen molar-refractivity contribution in [2.75, 3.05) is 7.05 Å². The molecule has 1 aromatic carbocycles. The van der Waals surface area contributed by atoms with E-state index in [-0.39, 0.29) is 6.54 Å². The lowest BCUT2D eigenvalue weighted by molar-refractivity contribution is -0.120. The molecule has 9 heteroatoms. The van der Waals surface area contributed by atoms with E-state index in [0.717, 1.165) is 21.4 Å². The largest absolute Gasteiger partial charge is 0.341 e. The van der Waals surface area contributed by atoms with E-state index in [2.05, 4.69) is 20.7 Å². The molecule has 3 aromatic rings. The Balaban J connectivity index is 1.98. The van der Waals surface area contributed by atoms with E-state index >= 15 is 0 Å². The van der Waals surface area contributed by atoms with Crippen LogP contribution in [0.5, 0.6) is 0 Å². The van der Waals surface area contributed by atoms with Crippen molar-refractivity contribution >= 4 is 23.0 Å². The molecule has 2 N–H and O–H groups in total. The summed E-state index contributed by atoms with van der Waals surface area (Å²) in [5.41, 5.74) is 2.95. The highest BCUT2D eigenvalue weighted by atomic mass is 16.2. The Morgan fingerprint density at radius 3 is 2.50 bits per heavy atom. The van der Waals surface area contributed by atoms with Crippen LogP contribution in [0.3, 0.4) is 0 Å². The van der Waals surface area contributed by atoms with Gasteiger partial charge in [0.15, 0.2) is 5.65 Å². The Bertz CT molecular complexity index is 1050. The molecule has 0 aliphatic carbocycles. The van der Waals surface area contributed by atoms with Gasteiger partial charge in [0.1, 0.15) is 18.3 Å². The van der Waals surface area contributed by atoms with Crippen LogP contribution >= 0.6 is 0 Å². The summed E-state index contributed by atoms with van der Waals surface area (Å²) in [7, 11) is 1.39. The Kier molecular flexibility index (Phi) is 4.53. The molecule has 0 aliphatic heterocycles. The van der Waals surface area contributed by atoms with Crippen LogP contribution in [-0.4, -0.2) is 38.3 Å². The highest BCUT2D eigenvalue weighted by Gasteiger charge is 2.14. The second-order valence-electron chi connectivity index (χ2n) is 5.94. The SMILES string of the molecule is CNC(=O)NC(=O)Cn1cnc2c(cnn2-c2cc(C)cc(C)c2)c1=O. The van der Waals surface area contributed by atoms with Gasteiger partial charge in [-0.25, -0.2) is 14.5 Å². The second kappa shape index (κ2) is 6.79. The Labute approximate surface area is 148 Å². The molecule has 26 heavy (non-hydrogen) atoms. The highest BCUT2D eigenvalue weighted by molar-refractivity contribution is 5.94. The summed E-state index contributed by atoms with van der Waals surface area (Å²) < 4.78 is 2.72. The number of benzene rings is 1. The van der Waals surface area contributed by atoms with E-state index in [0.29, 0.717) is 11.0 Å². The van der Waals surface area contributed by atoms with Crippen molar-refractivity contribution in [1.82, 2.24) is 30.0 Å². The molecule has 3 rings (SSSR count). The van der Waals surface area contributed by atoms with Gasteiger partial charge in [0.2, 0.25) is 5.91 Å². The third-order valence-electron chi connectivity index (χ3n) is 3.80. The van der Waals surface area contributed by atoms with Crippen molar-refractivity contribution in [3.8, 4) is 5.69 Å². The third kappa shape index (κ3) is 3.32. The van der Waals surface area contributed by atoms with Crippen LogP contribution in [0.1, 0.15) is 11.1 Å². The molecule has 0 spiro atoms. The fourth-order valence-corrected chi connectivity index (χ4v) is 2.71. The number of carbonyl (C=O) groups excluding carboxylic acids is 2. The number of hydrogen-bond donors (Lipinski definition) is 2. The number of nitrogens with zero attached hydrogens (tertiary/aromatic N) is 4. The minimum Gasteiger partial charge on any atom is -0.341 e. The lowest BCUT2D eigenvalue weighted by Crippen LogP contribution is -2.40. The van der Waals surface area contributed by atoms with Gasteiger partial charge < -0.3 is 5.32 Å². The fourth-order valence-electron chi connectivity index (χ4n) is 2.71. The van der Waals surface area contributed by atoms with Gasteiger partial charge in [-0.2, -0.15) is 5.10 Å². The number of hydrogen-bond acceptors (Lipinski definition) is 5. The molecule has 0 radical (unpaired) electrons. The molecule has 3 amide bonds. The van der Waals surface area contributed by atoms with E-state index < -0.39 is 17.5 Å². The molecular weight excluding hydrogens is 336 g/mol. The van der Waals surface area contributed by atoms with Crippen LogP contribution in [-0.2, 0) is 11.3 Å². The fraction of sp³-hybridized carbons (Fsp3) is 0.235. The smallest absolute Gasteiger partial charge is 0.321 e. The van der Waals surface area contributed by atoms with Crippen LogP contribution in [0.15, 0.2) is 35.5 Å². The van der Waals surface area contributed by atoms with Gasteiger partial charge in [-0.1, -0.05) is 6.07 Å². The maximum atomic E-state index is 12.6. The minimum absolute atomic E-state index is 0.291. The molecule has 0 saturated carbocycles. The molecule has 9 nitrogen and oxygen atoms in total. The molecule has 2 heterocycles. The van der Waals surface area contributed by atoms with Crippen molar-refractivity contribution in [2.24, 2.45) is 0 Å². The van der Waals surface area contributed by atoms with Crippen LogP contribution in [0.25, 0.3) is 16.7 Å². The summed E-state index contributed by atoms with van der Waals surface area (Å²) in [6.45, 7) is 3.64. The average Bonchev–Trinajstić information content (AvgIpc) is 3.01. The van der Waals surface area contributed by atoms with Crippen molar-refractivity contribution in [3.63, 3.8) is 0 Å². The van der Waals surface area contributed by atoms with Crippen LogP contribution in [0.4, 0.5) is 4.79 Å². The zero-order valence-electron chi connectivity index (χ0n) is 14.6. The predicted octanol–water partition coefficient (Wildman–Crippen LogP) is 0.655. The van der Waals surface area contributed by atoms with E-state index in [1.54, 1.807) is 4.68 Å². The van der Waals surface area contributed by atoms with Gasteiger partial charge in [-0.05, 0) is 37.1 Å². The van der Waals surface area contributed by atoms with E-state index in [1.165, 1.54) is 19.6 Å². The van der Waals surface area contributed by atoms with Gasteiger partial charge in [-0.3, -0.25) is 19.5 Å². The lowest BCUT2D eigenvalue weighted by Gasteiger charge is -2.08. The van der Waals surface area contributed by atoms with E-state index in [9.17, 15) is 14.4 Å². The number of rotatable bonds is 3. The summed E-state index contributed by atoms with van der Waals surface area (Å²) in [5.74, 6) is -0.616. The number of aryl methyl sites for hydroxylation is 2. The predicted molar refractivity (Wildman–Crippen MR) is 95.2 cm³/mol. The monoisotopic (exact) mass is 354 g/mol. The van der Waals surface area contributed by atoms with Crippen LogP contribution in [0, 0.1) is 13.8 Å². The van der Waals surface area contributed by atoms with Gasteiger partial charge in [0.05, 0.1) is 11.9 Å². The molecular formula is C17H18N6O3. The zero-order chi connectivity index (χ0) is 18.8. The molecule has 0 aliphatic rings. The van der Waals surface area contributed by atoms with Crippen LogP contribution in [0.2, 0.25) is 0 Å². The zero-order valence-corrected chi connectivity index (χ0v) is 14.6. The van der Waals surface area contributed by atoms with Crippen LogP contribution < -0.4 is 16.2 Å². The Morgan fingerprint density at radius 2 is 1.85 bits per heavy atom. The number of aromatic nitrogens is 4. The summed E-state index contributed by atoms with van der Waals surface area (Å²) in [6.07, 6.45) is 2.70. The van der Waals surface area contributed by atoms with E-state index in [1.807, 2.05) is 32.0 Å². The van der Waals surface area contributed by atoms with Gasteiger partial charge in [0.25, 0.3) is 5.56 Å². The maximum Gasteiger partial charge on any atom is 0.321 e. The normalized spacial score (nSPS) is 10.7. The number of carbonyl (C=O) groups is 2. The summed E-state index contributed by atoms with van der Waals surface area (Å²) in [4.78, 5) is 39.8. The number of fused-ring (bicyclic) bond motifs is 1. The molecule has 0 saturated heterocycles. The number of urea groups is 1. The standard InChI is InChI=1S/C17H18N6O3/c1-10-4-11(2)6-12(5-10)23-15-13(7-20-23)16(25)22(9-19-15)8-14(24)21-17(26)18-3/h4-7,9H,8H2,1-3H3,(H2,18,21,24,26). The molecule has 134 valence electrons. The van der Waals surface area contributed by atoms with Gasteiger partial charge >= 0.3 is 6.03 Å². The van der Waals surface area contributed by atoms with Crippen molar-refractivity contribution < 1.29 is 9.59 Å². The first-order valence-corrected chi connectivity index (χ1v) is 7.92. The number of imide groups is 1. The first kappa shape index (κ1) is 17.3. The molecule has 0 atom stereocenters. The summed E-state index contributed by atoms with van der Waals surface area (Å²) >= 11 is 0. The van der Waals surface area contributed by atoms with Crippen molar-refractivity contribution in [1.29, 1.82) is 0 Å². The van der Waals surface area contributed by atoms with Crippen molar-refractivity contribution in [3.05, 3.63) is 52.2 Å².